The monoisotopic (exact) mass is 393 g/mol. The highest BCUT2D eigenvalue weighted by Crippen LogP contribution is 2.18. The minimum atomic E-state index is -0.593. The SMILES string of the molecule is COc1ccc(OC(C)C(=O)NCCOc2cccc(Br)c2)cc1. The minimum Gasteiger partial charge on any atom is -0.497 e. The van der Waals surface area contributed by atoms with E-state index in [1.165, 1.54) is 0 Å². The second-order valence-electron chi connectivity index (χ2n) is 5.03. The Balaban J connectivity index is 1.71. The number of carbonyl (C=O) groups excluding carboxylic acids is 1. The topological polar surface area (TPSA) is 56.8 Å². The van der Waals surface area contributed by atoms with Gasteiger partial charge in [-0.15, -0.1) is 0 Å². The Morgan fingerprint density at radius 1 is 1.12 bits per heavy atom. The van der Waals surface area contributed by atoms with E-state index in [4.69, 9.17) is 14.2 Å². The molecule has 0 saturated heterocycles. The van der Waals surface area contributed by atoms with Gasteiger partial charge in [0.1, 0.15) is 23.9 Å². The predicted octanol–water partition coefficient (Wildman–Crippen LogP) is 3.42. The summed E-state index contributed by atoms with van der Waals surface area (Å²) in [6.45, 7) is 2.49. The van der Waals surface area contributed by atoms with Gasteiger partial charge in [-0.3, -0.25) is 4.79 Å². The molecule has 0 saturated carbocycles. The number of hydrogen-bond donors (Lipinski definition) is 1. The van der Waals surface area contributed by atoms with Crippen LogP contribution in [0.5, 0.6) is 17.2 Å². The van der Waals surface area contributed by atoms with E-state index in [2.05, 4.69) is 21.2 Å². The maximum absolute atomic E-state index is 12.0. The molecule has 6 heteroatoms. The third kappa shape index (κ3) is 5.77. The first kappa shape index (κ1) is 18.1. The lowest BCUT2D eigenvalue weighted by Crippen LogP contribution is -2.38. The van der Waals surface area contributed by atoms with Crippen molar-refractivity contribution in [3.8, 4) is 17.2 Å². The zero-order chi connectivity index (χ0) is 17.4. The maximum atomic E-state index is 12.0. The van der Waals surface area contributed by atoms with Crippen molar-refractivity contribution in [2.45, 2.75) is 13.0 Å². The van der Waals surface area contributed by atoms with Crippen LogP contribution in [-0.2, 0) is 4.79 Å². The summed E-state index contributed by atoms with van der Waals surface area (Å²) in [5, 5.41) is 2.78. The van der Waals surface area contributed by atoms with Crippen LogP contribution in [0.1, 0.15) is 6.92 Å². The molecule has 0 aliphatic heterocycles. The standard InChI is InChI=1S/C18H20BrNO4/c1-13(24-16-8-6-15(22-2)7-9-16)18(21)20-10-11-23-17-5-3-4-14(19)12-17/h3-9,12-13H,10-11H2,1-2H3,(H,20,21). The number of nitrogens with one attached hydrogen (secondary N) is 1. The zero-order valence-corrected chi connectivity index (χ0v) is 15.2. The van der Waals surface area contributed by atoms with Crippen LogP contribution in [0, 0.1) is 0 Å². The Morgan fingerprint density at radius 2 is 1.83 bits per heavy atom. The lowest BCUT2D eigenvalue weighted by Gasteiger charge is -2.15. The Morgan fingerprint density at radius 3 is 2.50 bits per heavy atom. The molecule has 0 spiro atoms. The van der Waals surface area contributed by atoms with Gasteiger partial charge in [0.05, 0.1) is 13.7 Å². The quantitative estimate of drug-likeness (QED) is 0.698. The first-order valence-electron chi connectivity index (χ1n) is 7.55. The third-order valence-corrected chi connectivity index (χ3v) is 3.70. The molecule has 1 N–H and O–H groups in total. The Bertz CT molecular complexity index is 660. The van der Waals surface area contributed by atoms with Crippen LogP contribution < -0.4 is 19.5 Å². The fourth-order valence-corrected chi connectivity index (χ4v) is 2.33. The summed E-state index contributed by atoms with van der Waals surface area (Å²) in [7, 11) is 1.60. The van der Waals surface area contributed by atoms with Crippen LogP contribution in [0.3, 0.4) is 0 Å². The molecule has 2 rings (SSSR count). The van der Waals surface area contributed by atoms with Gasteiger partial charge < -0.3 is 19.5 Å². The van der Waals surface area contributed by atoms with Crippen LogP contribution in [0.4, 0.5) is 0 Å². The van der Waals surface area contributed by atoms with E-state index in [-0.39, 0.29) is 5.91 Å². The van der Waals surface area contributed by atoms with Crippen molar-refractivity contribution in [1.82, 2.24) is 5.32 Å². The predicted molar refractivity (Wildman–Crippen MR) is 95.7 cm³/mol. The minimum absolute atomic E-state index is 0.191. The van der Waals surface area contributed by atoms with Crippen molar-refractivity contribution in [1.29, 1.82) is 0 Å². The van der Waals surface area contributed by atoms with Gasteiger partial charge in [-0.2, -0.15) is 0 Å². The average Bonchev–Trinajstić information content (AvgIpc) is 2.59. The van der Waals surface area contributed by atoms with Gasteiger partial charge in [0, 0.05) is 4.47 Å². The number of rotatable bonds is 8. The van der Waals surface area contributed by atoms with Gasteiger partial charge in [0.2, 0.25) is 0 Å². The summed E-state index contributed by atoms with van der Waals surface area (Å²) in [4.78, 5) is 12.0. The highest BCUT2D eigenvalue weighted by atomic mass is 79.9. The van der Waals surface area contributed by atoms with Crippen LogP contribution in [-0.4, -0.2) is 32.3 Å². The molecule has 24 heavy (non-hydrogen) atoms. The van der Waals surface area contributed by atoms with E-state index in [1.54, 1.807) is 38.3 Å². The molecule has 0 radical (unpaired) electrons. The molecule has 5 nitrogen and oxygen atoms in total. The normalized spacial score (nSPS) is 11.5. The summed E-state index contributed by atoms with van der Waals surface area (Å²) >= 11 is 3.38. The van der Waals surface area contributed by atoms with Crippen LogP contribution >= 0.6 is 15.9 Å². The first-order chi connectivity index (χ1) is 11.6. The van der Waals surface area contributed by atoms with Gasteiger partial charge in [0.15, 0.2) is 6.10 Å². The van der Waals surface area contributed by atoms with Gasteiger partial charge in [0.25, 0.3) is 5.91 Å². The van der Waals surface area contributed by atoms with Gasteiger partial charge in [-0.25, -0.2) is 0 Å². The number of amides is 1. The molecule has 0 aliphatic carbocycles. The van der Waals surface area contributed by atoms with Crippen molar-refractivity contribution in [3.05, 3.63) is 53.0 Å². The van der Waals surface area contributed by atoms with E-state index in [1.807, 2.05) is 24.3 Å². The average molecular weight is 394 g/mol. The number of halogens is 1. The van der Waals surface area contributed by atoms with E-state index in [0.29, 0.717) is 18.9 Å². The Labute approximate surface area is 150 Å². The number of ether oxygens (including phenoxy) is 3. The second-order valence-corrected chi connectivity index (χ2v) is 5.95. The molecule has 2 aromatic carbocycles. The van der Waals surface area contributed by atoms with E-state index in [9.17, 15) is 4.79 Å². The van der Waals surface area contributed by atoms with E-state index >= 15 is 0 Å². The number of methoxy groups -OCH3 is 1. The zero-order valence-electron chi connectivity index (χ0n) is 13.6. The van der Waals surface area contributed by atoms with Gasteiger partial charge in [-0.05, 0) is 49.4 Å². The molecule has 0 aromatic heterocycles. The summed E-state index contributed by atoms with van der Waals surface area (Å²) in [6.07, 6.45) is -0.593. The highest BCUT2D eigenvalue weighted by molar-refractivity contribution is 9.10. The summed E-state index contributed by atoms with van der Waals surface area (Å²) in [5.74, 6) is 1.91. The third-order valence-electron chi connectivity index (χ3n) is 3.21. The van der Waals surface area contributed by atoms with Crippen molar-refractivity contribution >= 4 is 21.8 Å². The summed E-state index contributed by atoms with van der Waals surface area (Å²) < 4.78 is 17.2. The van der Waals surface area contributed by atoms with Crippen LogP contribution in [0.15, 0.2) is 53.0 Å². The molecule has 0 heterocycles. The molecule has 1 unspecified atom stereocenters. The Kier molecular flexibility index (Phi) is 6.93. The molecular formula is C18H20BrNO4. The van der Waals surface area contributed by atoms with Crippen molar-refractivity contribution < 1.29 is 19.0 Å². The summed E-state index contributed by atoms with van der Waals surface area (Å²) in [5.41, 5.74) is 0. The van der Waals surface area contributed by atoms with Gasteiger partial charge >= 0.3 is 0 Å². The number of hydrogen-bond acceptors (Lipinski definition) is 4. The number of carbonyl (C=O) groups is 1. The lowest BCUT2D eigenvalue weighted by atomic mass is 10.3. The van der Waals surface area contributed by atoms with Crippen LogP contribution in [0.2, 0.25) is 0 Å². The molecule has 2 aromatic rings. The van der Waals surface area contributed by atoms with Crippen molar-refractivity contribution in [2.75, 3.05) is 20.3 Å². The van der Waals surface area contributed by atoms with E-state index in [0.717, 1.165) is 16.0 Å². The fraction of sp³-hybridized carbons (Fsp3) is 0.278. The molecular weight excluding hydrogens is 374 g/mol. The van der Waals surface area contributed by atoms with Gasteiger partial charge in [-0.1, -0.05) is 22.0 Å². The second kappa shape index (κ2) is 9.17. The Hall–Kier alpha value is -2.21. The van der Waals surface area contributed by atoms with Crippen molar-refractivity contribution in [3.63, 3.8) is 0 Å². The fourth-order valence-electron chi connectivity index (χ4n) is 1.96. The smallest absolute Gasteiger partial charge is 0.260 e. The maximum Gasteiger partial charge on any atom is 0.260 e. The molecule has 0 bridgehead atoms. The molecule has 128 valence electrons. The highest BCUT2D eigenvalue weighted by Gasteiger charge is 2.14. The molecule has 1 amide bonds. The molecule has 0 fully saturated rings. The number of benzene rings is 2. The van der Waals surface area contributed by atoms with Crippen LogP contribution in [0.25, 0.3) is 0 Å². The molecule has 1 atom stereocenters. The largest absolute Gasteiger partial charge is 0.497 e. The lowest BCUT2D eigenvalue weighted by molar-refractivity contribution is -0.127. The van der Waals surface area contributed by atoms with E-state index < -0.39 is 6.10 Å². The van der Waals surface area contributed by atoms with Crippen molar-refractivity contribution in [2.24, 2.45) is 0 Å². The first-order valence-corrected chi connectivity index (χ1v) is 8.34. The molecule has 0 aliphatic rings. The summed E-state index contributed by atoms with van der Waals surface area (Å²) in [6, 6.07) is 14.6.